The van der Waals surface area contributed by atoms with Crippen LogP contribution in [0.3, 0.4) is 0 Å². The van der Waals surface area contributed by atoms with Crippen LogP contribution in [-0.4, -0.2) is 15.5 Å². The number of anilines is 1. The molecule has 0 radical (unpaired) electrons. The van der Waals surface area contributed by atoms with Crippen LogP contribution in [0.1, 0.15) is 0 Å². The molecule has 4 rings (SSSR count). The van der Waals surface area contributed by atoms with Gasteiger partial charge in [-0.1, -0.05) is 48.5 Å². The van der Waals surface area contributed by atoms with Crippen LogP contribution in [-0.2, 0) is 11.3 Å². The summed E-state index contributed by atoms with van der Waals surface area (Å²) >= 11 is 0. The van der Waals surface area contributed by atoms with Gasteiger partial charge in [-0.3, -0.25) is 9.78 Å². The Morgan fingerprint density at radius 2 is 1.76 bits per heavy atom. The van der Waals surface area contributed by atoms with Gasteiger partial charge in [0.15, 0.2) is 0 Å². The molecule has 0 saturated carbocycles. The predicted molar refractivity (Wildman–Crippen MR) is 100 cm³/mol. The molecule has 0 aliphatic rings. The maximum atomic E-state index is 12.5. The van der Waals surface area contributed by atoms with E-state index < -0.39 is 0 Å². The van der Waals surface area contributed by atoms with E-state index in [0.29, 0.717) is 5.69 Å². The van der Waals surface area contributed by atoms with E-state index in [1.807, 2.05) is 42.5 Å². The van der Waals surface area contributed by atoms with Gasteiger partial charge in [0, 0.05) is 22.8 Å². The van der Waals surface area contributed by atoms with Crippen LogP contribution in [0.25, 0.3) is 22.2 Å². The van der Waals surface area contributed by atoms with Gasteiger partial charge in [0.05, 0.1) is 11.9 Å². The minimum atomic E-state index is -0.0773. The number of nitrogens with zero attached hydrogens (tertiary/aromatic N) is 2. The fourth-order valence-corrected chi connectivity index (χ4v) is 3.01. The van der Waals surface area contributed by atoms with Crippen molar-refractivity contribution in [2.45, 2.75) is 6.54 Å². The van der Waals surface area contributed by atoms with Crippen molar-refractivity contribution in [2.24, 2.45) is 0 Å². The molecule has 4 nitrogen and oxygen atoms in total. The molecule has 122 valence electrons. The lowest BCUT2D eigenvalue weighted by Crippen LogP contribution is -2.19. The third-order valence-electron chi connectivity index (χ3n) is 4.13. The van der Waals surface area contributed by atoms with Crippen molar-refractivity contribution in [3.05, 3.63) is 85.2 Å². The summed E-state index contributed by atoms with van der Waals surface area (Å²) in [5, 5.41) is 4.02. The first-order valence-corrected chi connectivity index (χ1v) is 8.15. The summed E-state index contributed by atoms with van der Waals surface area (Å²) in [5.41, 5.74) is 3.86. The van der Waals surface area contributed by atoms with E-state index in [1.54, 1.807) is 18.5 Å². The third kappa shape index (κ3) is 3.15. The first-order chi connectivity index (χ1) is 12.3. The van der Waals surface area contributed by atoms with Crippen LogP contribution in [0.2, 0.25) is 0 Å². The molecule has 2 heterocycles. The zero-order valence-electron chi connectivity index (χ0n) is 13.6. The lowest BCUT2D eigenvalue weighted by molar-refractivity contribution is -0.116. The Labute approximate surface area is 145 Å². The van der Waals surface area contributed by atoms with Gasteiger partial charge in [0.1, 0.15) is 6.54 Å². The standard InChI is InChI=1S/C21H17N3O/c25-21(23-18-10-6-12-22-14-18)15-24-19-11-5-4-9-17(19)13-20(24)16-7-2-1-3-8-16/h1-14H,15H2,(H,23,25). The molecular weight excluding hydrogens is 310 g/mol. The van der Waals surface area contributed by atoms with Gasteiger partial charge in [-0.15, -0.1) is 0 Å². The number of rotatable bonds is 4. The van der Waals surface area contributed by atoms with E-state index in [1.165, 1.54) is 0 Å². The smallest absolute Gasteiger partial charge is 0.244 e. The Kier molecular flexibility index (Phi) is 4.01. The summed E-state index contributed by atoms with van der Waals surface area (Å²) in [6.07, 6.45) is 3.33. The molecule has 0 fully saturated rings. The monoisotopic (exact) mass is 327 g/mol. The molecule has 0 bridgehead atoms. The first-order valence-electron chi connectivity index (χ1n) is 8.15. The molecule has 0 saturated heterocycles. The fourth-order valence-electron chi connectivity index (χ4n) is 3.01. The number of hydrogen-bond acceptors (Lipinski definition) is 2. The zero-order chi connectivity index (χ0) is 17.1. The molecule has 1 N–H and O–H groups in total. The van der Waals surface area contributed by atoms with E-state index in [2.05, 4.69) is 39.1 Å². The highest BCUT2D eigenvalue weighted by Crippen LogP contribution is 2.28. The van der Waals surface area contributed by atoms with Gasteiger partial charge in [0.25, 0.3) is 0 Å². The highest BCUT2D eigenvalue weighted by atomic mass is 16.1. The molecule has 0 aliphatic heterocycles. The Morgan fingerprint density at radius 3 is 2.56 bits per heavy atom. The number of carbonyl (C=O) groups excluding carboxylic acids is 1. The molecule has 0 unspecified atom stereocenters. The molecule has 0 atom stereocenters. The van der Waals surface area contributed by atoms with Crippen molar-refractivity contribution in [1.29, 1.82) is 0 Å². The van der Waals surface area contributed by atoms with Crippen molar-refractivity contribution in [3.8, 4) is 11.3 Å². The summed E-state index contributed by atoms with van der Waals surface area (Å²) in [6, 6.07) is 24.0. The van der Waals surface area contributed by atoms with Gasteiger partial charge in [-0.25, -0.2) is 0 Å². The largest absolute Gasteiger partial charge is 0.331 e. The SMILES string of the molecule is O=C(Cn1c(-c2ccccc2)cc2ccccc21)Nc1cccnc1. The van der Waals surface area contributed by atoms with Crippen LogP contribution < -0.4 is 5.32 Å². The molecule has 25 heavy (non-hydrogen) atoms. The van der Waals surface area contributed by atoms with Crippen molar-refractivity contribution in [3.63, 3.8) is 0 Å². The van der Waals surface area contributed by atoms with Gasteiger partial charge >= 0.3 is 0 Å². The molecular formula is C21H17N3O. The van der Waals surface area contributed by atoms with E-state index in [9.17, 15) is 4.79 Å². The topological polar surface area (TPSA) is 46.9 Å². The van der Waals surface area contributed by atoms with E-state index in [4.69, 9.17) is 0 Å². The zero-order valence-corrected chi connectivity index (χ0v) is 13.6. The Morgan fingerprint density at radius 1 is 0.960 bits per heavy atom. The Balaban J connectivity index is 1.71. The van der Waals surface area contributed by atoms with Gasteiger partial charge < -0.3 is 9.88 Å². The normalized spacial score (nSPS) is 10.7. The lowest BCUT2D eigenvalue weighted by atomic mass is 10.1. The Hall–Kier alpha value is -3.40. The number of nitrogens with one attached hydrogen (secondary N) is 1. The number of aromatic nitrogens is 2. The molecule has 2 aromatic carbocycles. The minimum absolute atomic E-state index is 0.0773. The number of para-hydroxylation sites is 1. The molecule has 4 heteroatoms. The summed E-state index contributed by atoms with van der Waals surface area (Å²) in [7, 11) is 0. The maximum Gasteiger partial charge on any atom is 0.244 e. The summed E-state index contributed by atoms with van der Waals surface area (Å²) < 4.78 is 2.05. The van der Waals surface area contributed by atoms with Gasteiger partial charge in [-0.2, -0.15) is 0 Å². The van der Waals surface area contributed by atoms with E-state index in [0.717, 1.165) is 22.2 Å². The van der Waals surface area contributed by atoms with Crippen LogP contribution in [0.4, 0.5) is 5.69 Å². The predicted octanol–water partition coefficient (Wildman–Crippen LogP) is 4.34. The summed E-state index contributed by atoms with van der Waals surface area (Å²) in [5.74, 6) is -0.0773. The second-order valence-electron chi connectivity index (χ2n) is 5.83. The number of pyridine rings is 1. The number of hydrogen-bond donors (Lipinski definition) is 1. The number of fused-ring (bicyclic) bond motifs is 1. The minimum Gasteiger partial charge on any atom is -0.331 e. The average Bonchev–Trinajstić information content (AvgIpc) is 3.02. The summed E-state index contributed by atoms with van der Waals surface area (Å²) in [6.45, 7) is 0.243. The van der Waals surface area contributed by atoms with Crippen LogP contribution in [0, 0.1) is 0 Å². The van der Waals surface area contributed by atoms with Crippen molar-refractivity contribution in [1.82, 2.24) is 9.55 Å². The number of benzene rings is 2. The highest BCUT2D eigenvalue weighted by Gasteiger charge is 2.13. The van der Waals surface area contributed by atoms with Crippen LogP contribution in [0.5, 0.6) is 0 Å². The molecule has 4 aromatic rings. The second-order valence-corrected chi connectivity index (χ2v) is 5.83. The van der Waals surface area contributed by atoms with Crippen LogP contribution in [0.15, 0.2) is 85.2 Å². The number of amides is 1. The summed E-state index contributed by atoms with van der Waals surface area (Å²) in [4.78, 5) is 16.6. The number of carbonyl (C=O) groups is 1. The second kappa shape index (κ2) is 6.61. The first kappa shape index (κ1) is 15.1. The van der Waals surface area contributed by atoms with E-state index in [-0.39, 0.29) is 12.5 Å². The molecule has 2 aromatic heterocycles. The van der Waals surface area contributed by atoms with Crippen molar-refractivity contribution in [2.75, 3.05) is 5.32 Å². The lowest BCUT2D eigenvalue weighted by Gasteiger charge is -2.11. The van der Waals surface area contributed by atoms with Gasteiger partial charge in [-0.05, 0) is 29.8 Å². The quantitative estimate of drug-likeness (QED) is 0.606. The molecule has 1 amide bonds. The molecule has 0 spiro atoms. The third-order valence-corrected chi connectivity index (χ3v) is 4.13. The highest BCUT2D eigenvalue weighted by molar-refractivity contribution is 5.94. The van der Waals surface area contributed by atoms with Crippen molar-refractivity contribution >= 4 is 22.5 Å². The Bertz CT molecular complexity index is 1010. The average molecular weight is 327 g/mol. The maximum absolute atomic E-state index is 12.5. The molecule has 0 aliphatic carbocycles. The van der Waals surface area contributed by atoms with Crippen LogP contribution >= 0.6 is 0 Å². The van der Waals surface area contributed by atoms with E-state index >= 15 is 0 Å². The van der Waals surface area contributed by atoms with Gasteiger partial charge in [0.2, 0.25) is 5.91 Å². The van der Waals surface area contributed by atoms with Crippen molar-refractivity contribution < 1.29 is 4.79 Å². The fraction of sp³-hybridized carbons (Fsp3) is 0.0476.